The summed E-state index contributed by atoms with van der Waals surface area (Å²) in [5.74, 6) is 0. The van der Waals surface area contributed by atoms with Crippen LogP contribution in [0.25, 0.3) is 220 Å². The van der Waals surface area contributed by atoms with Crippen LogP contribution in [-0.4, -0.2) is 41.5 Å². The Kier molecular flexibility index (Phi) is 13.7. The maximum Gasteiger partial charge on any atom is 0.0789 e. The molecule has 7 heterocycles. The molecule has 0 aliphatic rings. The monoisotopic (exact) mass is 1480 g/mol. The first kappa shape index (κ1) is 64.0. The Morgan fingerprint density at radius 2 is 0.336 bits per heavy atom. The maximum atomic E-state index is 6.12. The molecular weight excluding hydrogens is 1410 g/mol. The highest BCUT2D eigenvalue weighted by Gasteiger charge is 2.26. The molecule has 116 heavy (non-hydrogen) atoms. The van der Waals surface area contributed by atoms with E-state index in [1.165, 1.54) is 54.4 Å². The highest BCUT2D eigenvalue weighted by molar-refractivity contribution is 6.29. The standard InChI is InChI=1S/C107H67N9/c1-5-29-68(30-6-1)109-99-49-25-26-50-100(99)110(69-31-7-2-8-32-69)104-65-86-84(63-103(104)109)76-56-53-72(115-95-47-23-17-41-81(95)87-60-73(54-57-97(87)115)113-91-43-19-13-37-77(91)78-38-14-20-44-92(78)113)59-83(76)85-64-105-106(112(71-35-11-4-12-36-71)102-52-28-27-51-101(102)111(105)70-33-9-3-10-34-70)66-90(85)107-89(86)62-75(67-108-107)116-96-48-24-18-42-82(96)88-61-74(55-58-98(88)116)114-93-45-21-15-39-79(93)80-40-16-22-46-94(80)114/h1-67H. The molecule has 18 aromatic carbocycles. The van der Waals surface area contributed by atoms with E-state index in [1.54, 1.807) is 0 Å². The van der Waals surface area contributed by atoms with Crippen molar-refractivity contribution < 1.29 is 0 Å². The molecule has 25 rings (SSSR count). The van der Waals surface area contributed by atoms with E-state index in [9.17, 15) is 0 Å². The van der Waals surface area contributed by atoms with Crippen LogP contribution in [0.5, 0.6) is 0 Å². The van der Waals surface area contributed by atoms with Crippen molar-refractivity contribution in [1.82, 2.24) is 41.5 Å². The van der Waals surface area contributed by atoms with Crippen LogP contribution in [0.3, 0.4) is 0 Å². The lowest BCUT2D eigenvalue weighted by Gasteiger charge is -2.24. The fraction of sp³-hybridized carbons (Fsp3) is 0. The van der Waals surface area contributed by atoms with Gasteiger partial charge in [-0.15, -0.1) is 0 Å². The first-order chi connectivity index (χ1) is 57.6. The molecule has 0 spiro atoms. The molecule has 0 unspecified atom stereocenters. The summed E-state index contributed by atoms with van der Waals surface area (Å²) < 4.78 is 19.7. The summed E-state index contributed by atoms with van der Waals surface area (Å²) in [7, 11) is 0. The Morgan fingerprint density at radius 1 is 0.121 bits per heavy atom. The van der Waals surface area contributed by atoms with Crippen LogP contribution in [0.15, 0.2) is 407 Å². The molecule has 0 saturated heterocycles. The number of hydrogen-bond donors (Lipinski definition) is 0. The third kappa shape index (κ3) is 9.30. The predicted octanol–water partition coefficient (Wildman–Crippen LogP) is 27.5. The van der Waals surface area contributed by atoms with Crippen molar-refractivity contribution in [1.29, 1.82) is 0 Å². The molecule has 0 saturated carbocycles. The van der Waals surface area contributed by atoms with Gasteiger partial charge in [0.05, 0.1) is 106 Å². The largest absolute Gasteiger partial charge is 0.309 e. The summed E-state index contributed by atoms with van der Waals surface area (Å²) in [6.45, 7) is 0. The van der Waals surface area contributed by atoms with E-state index in [0.29, 0.717) is 0 Å². The highest BCUT2D eigenvalue weighted by Crippen LogP contribution is 2.47. The van der Waals surface area contributed by atoms with Crippen LogP contribution in [0.2, 0.25) is 0 Å². The number of benzene rings is 17. The number of aromatic nitrogens is 9. The Balaban J connectivity index is 0.866. The van der Waals surface area contributed by atoms with E-state index in [4.69, 9.17) is 4.98 Å². The van der Waals surface area contributed by atoms with Crippen molar-refractivity contribution >= 4 is 175 Å². The number of nitrogens with zero attached hydrogens (tertiary/aromatic N) is 9. The average molecular weight is 1480 g/mol. The number of fused-ring (bicyclic) bond motifs is 24. The van der Waals surface area contributed by atoms with Gasteiger partial charge in [-0.3, -0.25) is 4.98 Å². The van der Waals surface area contributed by atoms with Gasteiger partial charge >= 0.3 is 0 Å². The summed E-state index contributed by atoms with van der Waals surface area (Å²) in [6, 6.07) is 148. The molecule has 9 heteroatoms. The molecule has 7 aromatic heterocycles. The maximum absolute atomic E-state index is 6.12. The smallest absolute Gasteiger partial charge is 0.0789 e. The lowest BCUT2D eigenvalue weighted by molar-refractivity contribution is 1.09. The second-order valence-corrected chi connectivity index (χ2v) is 30.6. The Bertz CT molecular complexity index is 7970. The molecule has 25 aromatic rings. The number of para-hydroxylation sites is 14. The molecule has 9 nitrogen and oxygen atoms in total. The summed E-state index contributed by atoms with van der Waals surface area (Å²) in [5.41, 5.74) is 26.7. The molecule has 0 aliphatic carbocycles. The van der Waals surface area contributed by atoms with Crippen LogP contribution in [0, 0.1) is 0 Å². The lowest BCUT2D eigenvalue weighted by Crippen LogP contribution is -2.08. The fourth-order valence-electron chi connectivity index (χ4n) is 19.6. The van der Waals surface area contributed by atoms with Gasteiger partial charge in [0, 0.05) is 93.7 Å². The third-order valence-electron chi connectivity index (χ3n) is 24.5. The first-order valence-electron chi connectivity index (χ1n) is 39.7. The minimum atomic E-state index is 0.855. The van der Waals surface area contributed by atoms with Crippen LogP contribution in [-0.2, 0) is 0 Å². The van der Waals surface area contributed by atoms with Crippen molar-refractivity contribution in [3.8, 4) is 45.5 Å². The molecular formula is C107H67N9. The normalized spacial score (nSPS) is 12.1. The Morgan fingerprint density at radius 3 is 0.672 bits per heavy atom. The van der Waals surface area contributed by atoms with Crippen LogP contribution >= 0.6 is 0 Å². The van der Waals surface area contributed by atoms with Crippen LogP contribution in [0.4, 0.5) is 0 Å². The van der Waals surface area contributed by atoms with Gasteiger partial charge in [0.2, 0.25) is 0 Å². The van der Waals surface area contributed by atoms with Gasteiger partial charge in [-0.2, -0.15) is 0 Å². The van der Waals surface area contributed by atoms with Gasteiger partial charge in [-0.1, -0.05) is 212 Å². The summed E-state index contributed by atoms with van der Waals surface area (Å²) >= 11 is 0. The Labute approximate surface area is 663 Å². The molecule has 0 N–H and O–H groups in total. The molecule has 0 fully saturated rings. The first-order valence-corrected chi connectivity index (χ1v) is 39.7. The lowest BCUT2D eigenvalue weighted by atomic mass is 9.94. The molecule has 0 radical (unpaired) electrons. The molecule has 0 aliphatic heterocycles. The van der Waals surface area contributed by atoms with E-state index < -0.39 is 0 Å². The van der Waals surface area contributed by atoms with Gasteiger partial charge in [0.15, 0.2) is 0 Å². The average Bonchev–Trinajstić information content (AvgIpc) is 0.941. The van der Waals surface area contributed by atoms with Gasteiger partial charge in [-0.25, -0.2) is 0 Å². The minimum absolute atomic E-state index is 0.855. The van der Waals surface area contributed by atoms with Gasteiger partial charge in [0.1, 0.15) is 0 Å². The minimum Gasteiger partial charge on any atom is -0.309 e. The van der Waals surface area contributed by atoms with Crippen LogP contribution in [0.1, 0.15) is 0 Å². The van der Waals surface area contributed by atoms with E-state index in [1.807, 2.05) is 0 Å². The van der Waals surface area contributed by atoms with Gasteiger partial charge < -0.3 is 36.5 Å². The topological polar surface area (TPSA) is 52.3 Å². The zero-order valence-corrected chi connectivity index (χ0v) is 62.7. The zero-order valence-electron chi connectivity index (χ0n) is 62.7. The number of hydrogen-bond acceptors (Lipinski definition) is 1. The van der Waals surface area contributed by atoms with Gasteiger partial charge in [0.25, 0.3) is 0 Å². The quantitative estimate of drug-likeness (QED) is 0.140. The van der Waals surface area contributed by atoms with Crippen LogP contribution < -0.4 is 0 Å². The zero-order chi connectivity index (χ0) is 75.8. The fourth-order valence-corrected chi connectivity index (χ4v) is 19.6. The summed E-state index contributed by atoms with van der Waals surface area (Å²) in [6.07, 6.45) is 2.14. The highest BCUT2D eigenvalue weighted by atomic mass is 15.1. The predicted molar refractivity (Wildman–Crippen MR) is 485 cm³/mol. The van der Waals surface area contributed by atoms with E-state index in [2.05, 4.69) is 443 Å². The summed E-state index contributed by atoms with van der Waals surface area (Å²) in [4.78, 5) is 6.12. The van der Waals surface area contributed by atoms with Crippen molar-refractivity contribution in [2.24, 2.45) is 0 Å². The molecule has 0 atom stereocenters. The second-order valence-electron chi connectivity index (χ2n) is 30.6. The van der Waals surface area contributed by atoms with E-state index in [0.717, 1.165) is 166 Å². The second kappa shape index (κ2) is 24.9. The molecule has 0 amide bonds. The SMILES string of the molecule is c1ccc(-n2c3ccccc3n(-c3ccccc3)c3cc4c(cc32)c2ccc(-n3c5ccccc5c5cc(-n6c7ccccc7c7ccccc76)ccc53)cc2c2cc3c(cc2c2ncc(-n5c6ccccc6c6cc(-n7c8ccccc8c8ccccc87)ccc65)cc42)n(-c2ccccc2)c2ccccc2n3-c2ccccc2)cc1. The van der Waals surface area contributed by atoms with Crippen molar-refractivity contribution in [3.05, 3.63) is 407 Å². The van der Waals surface area contributed by atoms with Crippen molar-refractivity contribution in [2.75, 3.05) is 0 Å². The summed E-state index contributed by atoms with van der Waals surface area (Å²) in [5, 5.41) is 16.8. The van der Waals surface area contributed by atoms with E-state index in [-0.39, 0.29) is 0 Å². The van der Waals surface area contributed by atoms with E-state index >= 15 is 0 Å². The van der Waals surface area contributed by atoms with Crippen molar-refractivity contribution in [2.45, 2.75) is 0 Å². The Hall–Kier alpha value is -15.7. The number of rotatable bonds is 8. The van der Waals surface area contributed by atoms with Crippen molar-refractivity contribution in [3.63, 3.8) is 0 Å². The number of pyridine rings is 1. The third-order valence-corrected chi connectivity index (χ3v) is 24.5. The molecule has 540 valence electrons. The molecule has 0 bridgehead atoms. The van der Waals surface area contributed by atoms with Gasteiger partial charge in [-0.05, 0) is 215 Å².